The first kappa shape index (κ1) is 12.4. The Hall–Kier alpha value is -2.08. The monoisotopic (exact) mass is 251 g/mol. The largest absolute Gasteiger partial charge is 0.480 e. The van der Waals surface area contributed by atoms with Crippen molar-refractivity contribution in [3.63, 3.8) is 0 Å². The van der Waals surface area contributed by atoms with Crippen LogP contribution in [0.25, 0.3) is 0 Å². The van der Waals surface area contributed by atoms with Crippen LogP contribution in [0.4, 0.5) is 8.78 Å². The summed E-state index contributed by atoms with van der Waals surface area (Å²) in [5.74, 6) is -1.11. The second-order valence-corrected chi connectivity index (χ2v) is 3.61. The molecule has 2 N–H and O–H groups in total. The molecule has 0 aliphatic carbocycles. The molecular weight excluding hydrogens is 240 g/mol. The first-order valence-electron chi connectivity index (χ1n) is 5.20. The molecule has 0 spiro atoms. The molecule has 18 heavy (non-hydrogen) atoms. The van der Waals surface area contributed by atoms with E-state index in [2.05, 4.69) is 10.2 Å². The van der Waals surface area contributed by atoms with Crippen LogP contribution >= 0.6 is 0 Å². The van der Waals surface area contributed by atoms with Gasteiger partial charge in [0.25, 0.3) is 0 Å². The van der Waals surface area contributed by atoms with Crippen LogP contribution in [0.2, 0.25) is 0 Å². The van der Waals surface area contributed by atoms with E-state index in [0.29, 0.717) is 5.88 Å². The maximum atomic E-state index is 13.5. The molecule has 1 aromatic carbocycles. The predicted molar refractivity (Wildman–Crippen MR) is 61.0 cm³/mol. The van der Waals surface area contributed by atoms with Gasteiger partial charge >= 0.3 is 0 Å². The highest BCUT2D eigenvalue weighted by atomic mass is 19.1. The average molecular weight is 251 g/mol. The SMILES string of the molecule is COc1ccc(C(N)c2c(F)cccc2F)nn1. The van der Waals surface area contributed by atoms with Crippen molar-refractivity contribution >= 4 is 0 Å². The van der Waals surface area contributed by atoms with Crippen molar-refractivity contribution in [2.45, 2.75) is 6.04 Å². The number of benzene rings is 1. The lowest BCUT2D eigenvalue weighted by atomic mass is 10.0. The first-order valence-corrected chi connectivity index (χ1v) is 5.20. The second kappa shape index (κ2) is 5.05. The minimum Gasteiger partial charge on any atom is -0.480 e. The van der Waals surface area contributed by atoms with E-state index in [0.717, 1.165) is 12.1 Å². The van der Waals surface area contributed by atoms with Crippen LogP contribution in [0.1, 0.15) is 17.3 Å². The fourth-order valence-electron chi connectivity index (χ4n) is 1.56. The van der Waals surface area contributed by atoms with Gasteiger partial charge < -0.3 is 10.5 Å². The van der Waals surface area contributed by atoms with Crippen molar-refractivity contribution in [1.29, 1.82) is 0 Å². The average Bonchev–Trinajstić information content (AvgIpc) is 2.38. The standard InChI is InChI=1S/C12H11F2N3O/c1-18-10-6-5-9(16-17-10)12(15)11-7(13)3-2-4-8(11)14/h2-6,12H,15H2,1H3. The van der Waals surface area contributed by atoms with Gasteiger partial charge in [-0.25, -0.2) is 8.78 Å². The first-order chi connectivity index (χ1) is 8.63. The van der Waals surface area contributed by atoms with Crippen molar-refractivity contribution in [1.82, 2.24) is 10.2 Å². The van der Waals surface area contributed by atoms with Gasteiger partial charge in [0.15, 0.2) is 0 Å². The van der Waals surface area contributed by atoms with Crippen LogP contribution in [0.5, 0.6) is 5.88 Å². The zero-order valence-corrected chi connectivity index (χ0v) is 9.60. The summed E-state index contributed by atoms with van der Waals surface area (Å²) in [5.41, 5.74) is 5.82. The van der Waals surface area contributed by atoms with Crippen molar-refractivity contribution in [2.24, 2.45) is 5.73 Å². The number of halogens is 2. The van der Waals surface area contributed by atoms with Gasteiger partial charge in [0.05, 0.1) is 18.8 Å². The molecule has 0 saturated carbocycles. The third kappa shape index (κ3) is 2.28. The van der Waals surface area contributed by atoms with Crippen LogP contribution in [-0.2, 0) is 0 Å². The highest BCUT2D eigenvalue weighted by Crippen LogP contribution is 2.23. The van der Waals surface area contributed by atoms with E-state index >= 15 is 0 Å². The van der Waals surface area contributed by atoms with Crippen molar-refractivity contribution in [2.75, 3.05) is 7.11 Å². The minimum absolute atomic E-state index is 0.225. The van der Waals surface area contributed by atoms with Crippen molar-refractivity contribution in [3.05, 3.63) is 53.2 Å². The van der Waals surface area contributed by atoms with E-state index in [1.165, 1.54) is 25.3 Å². The summed E-state index contributed by atoms with van der Waals surface area (Å²) in [5, 5.41) is 7.48. The lowest BCUT2D eigenvalue weighted by Gasteiger charge is -2.12. The van der Waals surface area contributed by atoms with E-state index < -0.39 is 17.7 Å². The maximum Gasteiger partial charge on any atom is 0.233 e. The van der Waals surface area contributed by atoms with Gasteiger partial charge in [-0.3, -0.25) is 0 Å². The molecule has 0 aliphatic rings. The summed E-state index contributed by atoms with van der Waals surface area (Å²) >= 11 is 0. The topological polar surface area (TPSA) is 61.0 Å². The lowest BCUT2D eigenvalue weighted by molar-refractivity contribution is 0.390. The Bertz CT molecular complexity index is 525. The Morgan fingerprint density at radius 1 is 1.11 bits per heavy atom. The van der Waals surface area contributed by atoms with Crippen molar-refractivity contribution in [3.8, 4) is 5.88 Å². The molecular formula is C12H11F2N3O. The molecule has 6 heteroatoms. The number of nitrogens with zero attached hydrogens (tertiary/aromatic N) is 2. The molecule has 0 saturated heterocycles. The van der Waals surface area contributed by atoms with Gasteiger partial charge in [0.2, 0.25) is 5.88 Å². The summed E-state index contributed by atoms with van der Waals surface area (Å²) in [6.45, 7) is 0. The molecule has 1 unspecified atom stereocenters. The van der Waals surface area contributed by atoms with Crippen LogP contribution in [0.3, 0.4) is 0 Å². The van der Waals surface area contributed by atoms with E-state index in [4.69, 9.17) is 10.5 Å². The number of hydrogen-bond donors (Lipinski definition) is 1. The van der Waals surface area contributed by atoms with Gasteiger partial charge in [-0.05, 0) is 18.2 Å². The number of methoxy groups -OCH3 is 1. The molecule has 1 atom stereocenters. The van der Waals surface area contributed by atoms with E-state index in [1.54, 1.807) is 0 Å². The normalized spacial score (nSPS) is 12.2. The van der Waals surface area contributed by atoms with Gasteiger partial charge in [0.1, 0.15) is 11.6 Å². The quantitative estimate of drug-likeness (QED) is 0.903. The van der Waals surface area contributed by atoms with E-state index in [1.807, 2.05) is 0 Å². The molecule has 2 aromatic rings. The Kier molecular flexibility index (Phi) is 3.47. The maximum absolute atomic E-state index is 13.5. The molecule has 0 aliphatic heterocycles. The second-order valence-electron chi connectivity index (χ2n) is 3.61. The summed E-state index contributed by atoms with van der Waals surface area (Å²) < 4.78 is 31.9. The van der Waals surface area contributed by atoms with Crippen molar-refractivity contribution < 1.29 is 13.5 Å². The number of nitrogens with two attached hydrogens (primary N) is 1. The summed E-state index contributed by atoms with van der Waals surface area (Å²) in [6, 6.07) is 5.61. The van der Waals surface area contributed by atoms with E-state index in [-0.39, 0.29) is 11.3 Å². The van der Waals surface area contributed by atoms with Gasteiger partial charge in [-0.1, -0.05) is 6.07 Å². The van der Waals surface area contributed by atoms with Gasteiger partial charge in [-0.15, -0.1) is 10.2 Å². The van der Waals surface area contributed by atoms with Gasteiger partial charge in [0, 0.05) is 11.6 Å². The highest BCUT2D eigenvalue weighted by Gasteiger charge is 2.19. The number of ether oxygens (including phenoxy) is 1. The third-order valence-corrected chi connectivity index (χ3v) is 2.50. The predicted octanol–water partition coefficient (Wildman–Crippen LogP) is 1.81. The zero-order chi connectivity index (χ0) is 13.1. The van der Waals surface area contributed by atoms with Crippen LogP contribution in [0.15, 0.2) is 30.3 Å². The minimum atomic E-state index is -1.01. The molecule has 2 rings (SSSR count). The van der Waals surface area contributed by atoms with Gasteiger partial charge in [-0.2, -0.15) is 0 Å². The summed E-state index contributed by atoms with van der Waals surface area (Å²) in [7, 11) is 1.44. The molecule has 1 aromatic heterocycles. The Morgan fingerprint density at radius 2 is 1.78 bits per heavy atom. The molecule has 1 heterocycles. The Labute approximate surface area is 102 Å². The molecule has 94 valence electrons. The fourth-order valence-corrected chi connectivity index (χ4v) is 1.56. The molecule has 0 fully saturated rings. The van der Waals surface area contributed by atoms with Crippen LogP contribution in [-0.4, -0.2) is 17.3 Å². The molecule has 0 bridgehead atoms. The Morgan fingerprint density at radius 3 is 2.28 bits per heavy atom. The summed E-state index contributed by atoms with van der Waals surface area (Å²) in [4.78, 5) is 0. The lowest BCUT2D eigenvalue weighted by Crippen LogP contribution is -2.17. The summed E-state index contributed by atoms with van der Waals surface area (Å²) in [6.07, 6.45) is 0. The molecule has 0 amide bonds. The van der Waals surface area contributed by atoms with Crippen LogP contribution < -0.4 is 10.5 Å². The Balaban J connectivity index is 2.38. The van der Waals surface area contributed by atoms with E-state index in [9.17, 15) is 8.78 Å². The smallest absolute Gasteiger partial charge is 0.233 e. The fraction of sp³-hybridized carbons (Fsp3) is 0.167. The highest BCUT2D eigenvalue weighted by molar-refractivity contribution is 5.30. The number of aromatic nitrogens is 2. The number of hydrogen-bond acceptors (Lipinski definition) is 4. The third-order valence-electron chi connectivity index (χ3n) is 2.50. The zero-order valence-electron chi connectivity index (χ0n) is 9.60. The van der Waals surface area contributed by atoms with Crippen LogP contribution in [0, 0.1) is 11.6 Å². The molecule has 0 radical (unpaired) electrons. The number of rotatable bonds is 3. The molecule has 4 nitrogen and oxygen atoms in total.